The van der Waals surface area contributed by atoms with E-state index < -0.39 is 29.9 Å². The topological polar surface area (TPSA) is 103 Å². The number of aromatic amines is 1. The number of nitrogens with one attached hydrogen (secondary N) is 2. The van der Waals surface area contributed by atoms with E-state index in [1.165, 1.54) is 6.20 Å². The predicted octanol–water partition coefficient (Wildman–Crippen LogP) is 3.47. The highest BCUT2D eigenvalue weighted by molar-refractivity contribution is 9.10. The third kappa shape index (κ3) is 7.48. The van der Waals surface area contributed by atoms with Crippen LogP contribution in [0.3, 0.4) is 0 Å². The van der Waals surface area contributed by atoms with Crippen molar-refractivity contribution in [1.82, 2.24) is 30.2 Å². The maximum absolute atomic E-state index is 13.7. The summed E-state index contributed by atoms with van der Waals surface area (Å²) in [5.74, 6) is -1.07. The molecule has 0 spiro atoms. The fourth-order valence-corrected chi connectivity index (χ4v) is 7.15. The zero-order valence-electron chi connectivity index (χ0n) is 24.1. The van der Waals surface area contributed by atoms with Crippen LogP contribution in [0.15, 0.2) is 15.5 Å². The van der Waals surface area contributed by atoms with Crippen LogP contribution >= 0.6 is 15.9 Å². The SMILES string of the molecule is C[C@@H](CO[C@H]1CCN(C2CCN(C3NCC(C(F)(F)F)CN3C3CCCCCC3)CC2)C1=O)Oc1cn[nH]c(=O)c1Br. The van der Waals surface area contributed by atoms with Crippen molar-refractivity contribution in [2.45, 2.75) is 101 Å². The Balaban J connectivity index is 1.12. The van der Waals surface area contributed by atoms with Crippen molar-refractivity contribution in [2.75, 3.05) is 39.3 Å². The van der Waals surface area contributed by atoms with Gasteiger partial charge in [0.15, 0.2) is 5.75 Å². The van der Waals surface area contributed by atoms with Crippen LogP contribution in [0.25, 0.3) is 0 Å². The lowest BCUT2D eigenvalue weighted by molar-refractivity contribution is -0.200. The Hall–Kier alpha value is -1.74. The molecule has 1 saturated carbocycles. The number of aromatic nitrogens is 2. The van der Waals surface area contributed by atoms with Crippen LogP contribution in [-0.2, 0) is 9.53 Å². The minimum atomic E-state index is -4.21. The van der Waals surface area contributed by atoms with Gasteiger partial charge < -0.3 is 14.4 Å². The third-order valence-corrected chi connectivity index (χ3v) is 9.90. The molecular weight excluding hydrogens is 621 g/mol. The van der Waals surface area contributed by atoms with Gasteiger partial charge in [0.2, 0.25) is 0 Å². The summed E-state index contributed by atoms with van der Waals surface area (Å²) in [5.41, 5.74) is -0.393. The van der Waals surface area contributed by atoms with Gasteiger partial charge >= 0.3 is 6.18 Å². The monoisotopic (exact) mass is 662 g/mol. The Kier molecular flexibility index (Phi) is 10.5. The maximum Gasteiger partial charge on any atom is 0.394 e. The van der Waals surface area contributed by atoms with Crippen LogP contribution in [0.2, 0.25) is 0 Å². The van der Waals surface area contributed by atoms with Crippen LogP contribution in [0.1, 0.15) is 64.7 Å². The Bertz CT molecular complexity index is 1110. The largest absolute Gasteiger partial charge is 0.485 e. The van der Waals surface area contributed by atoms with Gasteiger partial charge in [0, 0.05) is 51.2 Å². The summed E-state index contributed by atoms with van der Waals surface area (Å²) in [5, 5.41) is 9.31. The minimum absolute atomic E-state index is 0.0245. The van der Waals surface area contributed by atoms with E-state index >= 15 is 0 Å². The minimum Gasteiger partial charge on any atom is -0.485 e. The summed E-state index contributed by atoms with van der Waals surface area (Å²) in [4.78, 5) is 31.2. The van der Waals surface area contributed by atoms with Crippen molar-refractivity contribution < 1.29 is 27.4 Å². The molecule has 1 amide bonds. The number of hydrogen-bond donors (Lipinski definition) is 2. The molecule has 236 valence electrons. The van der Waals surface area contributed by atoms with Crippen LogP contribution < -0.4 is 15.6 Å². The summed E-state index contributed by atoms with van der Waals surface area (Å²) in [7, 11) is 0. The van der Waals surface area contributed by atoms with Crippen LogP contribution in [-0.4, -0.2) is 107 Å². The number of piperidine rings is 1. The standard InChI is InChI=1S/C28H42BrF3N6O4/c1-18(42-23-15-34-35-25(39)24(23)29)17-41-22-10-13-37(26(22)40)21-8-11-36(12-9-21)27-33-14-19(28(30,31)32)16-38(27)20-6-4-2-3-5-7-20/h15,18-22,27,33H,2-14,16-17H2,1H3,(H,35,39)/t18-,19?,22-,27?/m0/s1. The van der Waals surface area contributed by atoms with Gasteiger partial charge in [-0.05, 0) is 48.5 Å². The van der Waals surface area contributed by atoms with E-state index in [4.69, 9.17) is 9.47 Å². The van der Waals surface area contributed by atoms with Crippen molar-refractivity contribution >= 4 is 21.8 Å². The van der Waals surface area contributed by atoms with Crippen molar-refractivity contribution in [1.29, 1.82) is 0 Å². The number of ether oxygens (including phenoxy) is 2. The number of amides is 1. The smallest absolute Gasteiger partial charge is 0.394 e. The summed E-state index contributed by atoms with van der Waals surface area (Å²) >= 11 is 3.19. The molecule has 4 heterocycles. The van der Waals surface area contributed by atoms with Gasteiger partial charge in [-0.15, -0.1) is 0 Å². The zero-order valence-corrected chi connectivity index (χ0v) is 25.7. The quantitative estimate of drug-likeness (QED) is 0.408. The molecular formula is C28H42BrF3N6O4. The van der Waals surface area contributed by atoms with E-state index in [1.54, 1.807) is 6.92 Å². The van der Waals surface area contributed by atoms with E-state index in [9.17, 15) is 22.8 Å². The lowest BCUT2D eigenvalue weighted by Crippen LogP contribution is -2.68. The van der Waals surface area contributed by atoms with E-state index in [0.29, 0.717) is 18.7 Å². The first-order chi connectivity index (χ1) is 20.1. The lowest BCUT2D eigenvalue weighted by Gasteiger charge is -2.51. The van der Waals surface area contributed by atoms with Crippen molar-refractivity contribution in [3.8, 4) is 5.75 Å². The summed E-state index contributed by atoms with van der Waals surface area (Å²) in [6.45, 7) is 4.04. The molecule has 0 aromatic carbocycles. The van der Waals surface area contributed by atoms with Gasteiger partial charge in [-0.3, -0.25) is 24.7 Å². The molecule has 1 aliphatic carbocycles. The van der Waals surface area contributed by atoms with E-state index in [0.717, 1.165) is 64.5 Å². The summed E-state index contributed by atoms with van der Waals surface area (Å²) in [6, 6.07) is 0.254. The number of H-pyrrole nitrogens is 1. The molecule has 1 aromatic rings. The fourth-order valence-electron chi connectivity index (χ4n) is 6.87. The first-order valence-electron chi connectivity index (χ1n) is 15.2. The molecule has 3 aliphatic heterocycles. The van der Waals surface area contributed by atoms with Gasteiger partial charge in [-0.25, -0.2) is 5.10 Å². The second kappa shape index (κ2) is 13.9. The number of nitrogens with zero attached hydrogens (tertiary/aromatic N) is 4. The molecule has 10 nitrogen and oxygen atoms in total. The normalized spacial score (nSPS) is 28.6. The number of halogens is 4. The molecule has 14 heteroatoms. The van der Waals surface area contributed by atoms with Gasteiger partial charge in [0.05, 0.1) is 18.7 Å². The highest BCUT2D eigenvalue weighted by Gasteiger charge is 2.47. The number of alkyl halides is 3. The summed E-state index contributed by atoms with van der Waals surface area (Å²) in [6.07, 6.45) is 4.56. The van der Waals surface area contributed by atoms with Gasteiger partial charge in [0.1, 0.15) is 23.0 Å². The molecule has 4 fully saturated rings. The average molecular weight is 664 g/mol. The van der Waals surface area contributed by atoms with Gasteiger partial charge in [0.25, 0.3) is 11.5 Å². The van der Waals surface area contributed by atoms with Crippen molar-refractivity contribution in [3.05, 3.63) is 21.0 Å². The van der Waals surface area contributed by atoms with Gasteiger partial charge in [-0.2, -0.15) is 18.3 Å². The highest BCUT2D eigenvalue weighted by atomic mass is 79.9. The molecule has 4 atom stereocenters. The molecule has 2 unspecified atom stereocenters. The van der Waals surface area contributed by atoms with Crippen molar-refractivity contribution in [3.63, 3.8) is 0 Å². The number of hydrogen-bond acceptors (Lipinski definition) is 8. The number of carbonyl (C=O) groups is 1. The zero-order chi connectivity index (χ0) is 29.9. The second-order valence-electron chi connectivity index (χ2n) is 12.1. The maximum atomic E-state index is 13.7. The highest BCUT2D eigenvalue weighted by Crippen LogP contribution is 2.34. The molecule has 5 rings (SSSR count). The summed E-state index contributed by atoms with van der Waals surface area (Å²) < 4.78 is 53.0. The molecule has 0 bridgehead atoms. The molecule has 3 saturated heterocycles. The third-order valence-electron chi connectivity index (χ3n) is 9.15. The van der Waals surface area contributed by atoms with Crippen LogP contribution in [0, 0.1) is 5.92 Å². The lowest BCUT2D eigenvalue weighted by atomic mass is 9.99. The Morgan fingerprint density at radius 2 is 1.76 bits per heavy atom. The Morgan fingerprint density at radius 1 is 1.05 bits per heavy atom. The number of likely N-dealkylation sites (tertiary alicyclic amines) is 2. The molecule has 2 N–H and O–H groups in total. The second-order valence-corrected chi connectivity index (χ2v) is 12.9. The average Bonchev–Trinajstić information content (AvgIpc) is 3.15. The first-order valence-corrected chi connectivity index (χ1v) is 16.0. The van der Waals surface area contributed by atoms with E-state index in [2.05, 4.69) is 41.2 Å². The Morgan fingerprint density at radius 3 is 2.45 bits per heavy atom. The molecule has 4 aliphatic rings. The number of carbonyl (C=O) groups excluding carboxylic acids is 1. The van der Waals surface area contributed by atoms with Crippen molar-refractivity contribution in [2.24, 2.45) is 5.92 Å². The van der Waals surface area contributed by atoms with E-state index in [-0.39, 0.29) is 48.4 Å². The van der Waals surface area contributed by atoms with Crippen LogP contribution in [0.4, 0.5) is 13.2 Å². The first kappa shape index (κ1) is 31.7. The Labute approximate surface area is 252 Å². The van der Waals surface area contributed by atoms with E-state index in [1.807, 2.05) is 4.90 Å². The molecule has 0 radical (unpaired) electrons. The van der Waals surface area contributed by atoms with Gasteiger partial charge in [-0.1, -0.05) is 25.7 Å². The molecule has 42 heavy (non-hydrogen) atoms. The van der Waals surface area contributed by atoms with Crippen LogP contribution in [0.5, 0.6) is 5.75 Å². The fraction of sp³-hybridized carbons (Fsp3) is 0.821. The molecule has 1 aromatic heterocycles. The predicted molar refractivity (Wildman–Crippen MR) is 153 cm³/mol. The number of rotatable bonds is 8.